The van der Waals surface area contributed by atoms with Gasteiger partial charge in [0.2, 0.25) is 0 Å². The van der Waals surface area contributed by atoms with E-state index in [1.165, 1.54) is 0 Å². The molecule has 0 spiro atoms. The molecular formula is C14H20N4. The van der Waals surface area contributed by atoms with Gasteiger partial charge in [0.05, 0.1) is 11.3 Å². The maximum absolute atomic E-state index is 8.88. The van der Waals surface area contributed by atoms with Gasteiger partial charge in [-0.1, -0.05) is 6.92 Å². The van der Waals surface area contributed by atoms with E-state index in [1.807, 2.05) is 12.1 Å². The van der Waals surface area contributed by atoms with Gasteiger partial charge in [-0.05, 0) is 38.2 Å². The number of likely N-dealkylation sites (N-methyl/N-ethyl adjacent to an activating group) is 1. The second-order valence-corrected chi connectivity index (χ2v) is 5.30. The molecule has 0 amide bonds. The summed E-state index contributed by atoms with van der Waals surface area (Å²) >= 11 is 0. The van der Waals surface area contributed by atoms with Crippen molar-refractivity contribution in [2.45, 2.75) is 13.0 Å². The Morgan fingerprint density at radius 1 is 1.39 bits per heavy atom. The Balaban J connectivity index is 2.19. The van der Waals surface area contributed by atoms with E-state index in [4.69, 9.17) is 11.0 Å². The fourth-order valence-corrected chi connectivity index (χ4v) is 2.68. The van der Waals surface area contributed by atoms with Crippen LogP contribution in [0, 0.1) is 17.2 Å². The van der Waals surface area contributed by atoms with Gasteiger partial charge in [-0.25, -0.2) is 0 Å². The fourth-order valence-electron chi connectivity index (χ4n) is 2.68. The number of nitriles is 1. The van der Waals surface area contributed by atoms with Crippen LogP contribution in [0.5, 0.6) is 0 Å². The van der Waals surface area contributed by atoms with Crippen molar-refractivity contribution in [1.82, 2.24) is 4.90 Å². The molecule has 0 aromatic heterocycles. The van der Waals surface area contributed by atoms with Crippen LogP contribution >= 0.6 is 0 Å². The summed E-state index contributed by atoms with van der Waals surface area (Å²) in [5.74, 6) is 0.636. The Bertz CT molecular complexity index is 475. The third-order valence-electron chi connectivity index (χ3n) is 3.76. The van der Waals surface area contributed by atoms with E-state index in [0.29, 0.717) is 23.2 Å². The number of nitrogen functional groups attached to an aromatic ring is 1. The number of anilines is 2. The highest BCUT2D eigenvalue weighted by molar-refractivity contribution is 5.64. The average molecular weight is 244 g/mol. The van der Waals surface area contributed by atoms with Crippen LogP contribution in [-0.2, 0) is 0 Å². The van der Waals surface area contributed by atoms with Crippen molar-refractivity contribution in [3.8, 4) is 6.07 Å². The summed E-state index contributed by atoms with van der Waals surface area (Å²) in [6.07, 6.45) is 0. The minimum atomic E-state index is 0.551. The molecule has 2 N–H and O–H groups in total. The van der Waals surface area contributed by atoms with Gasteiger partial charge in [0.25, 0.3) is 0 Å². The molecule has 1 fully saturated rings. The summed E-state index contributed by atoms with van der Waals surface area (Å²) < 4.78 is 0. The summed E-state index contributed by atoms with van der Waals surface area (Å²) in [7, 11) is 4.25. The highest BCUT2D eigenvalue weighted by atomic mass is 15.2. The number of hydrogen-bond donors (Lipinski definition) is 1. The molecule has 1 aliphatic heterocycles. The highest BCUT2D eigenvalue weighted by Gasteiger charge is 2.31. The Labute approximate surface area is 109 Å². The van der Waals surface area contributed by atoms with Crippen LogP contribution in [0.15, 0.2) is 18.2 Å². The van der Waals surface area contributed by atoms with Gasteiger partial charge in [0, 0.05) is 24.8 Å². The van der Waals surface area contributed by atoms with Gasteiger partial charge in [0.1, 0.15) is 6.07 Å². The molecule has 18 heavy (non-hydrogen) atoms. The largest absolute Gasteiger partial charge is 0.398 e. The Hall–Kier alpha value is -1.73. The summed E-state index contributed by atoms with van der Waals surface area (Å²) in [6.45, 7) is 4.32. The van der Waals surface area contributed by atoms with Gasteiger partial charge >= 0.3 is 0 Å². The average Bonchev–Trinajstić information content (AvgIpc) is 2.71. The van der Waals surface area contributed by atoms with Crippen LogP contribution in [0.3, 0.4) is 0 Å². The van der Waals surface area contributed by atoms with Crippen molar-refractivity contribution in [2.24, 2.45) is 5.92 Å². The number of nitrogens with two attached hydrogens (primary N) is 1. The zero-order chi connectivity index (χ0) is 13.3. The van der Waals surface area contributed by atoms with Crippen molar-refractivity contribution in [3.05, 3.63) is 23.8 Å². The lowest BCUT2D eigenvalue weighted by Gasteiger charge is -2.23. The molecule has 4 nitrogen and oxygen atoms in total. The van der Waals surface area contributed by atoms with Crippen molar-refractivity contribution in [1.29, 1.82) is 5.26 Å². The monoisotopic (exact) mass is 244 g/mol. The van der Waals surface area contributed by atoms with E-state index in [0.717, 1.165) is 18.8 Å². The third kappa shape index (κ3) is 2.27. The van der Waals surface area contributed by atoms with E-state index in [-0.39, 0.29) is 0 Å². The molecule has 1 aromatic rings. The van der Waals surface area contributed by atoms with E-state index in [9.17, 15) is 0 Å². The number of nitrogens with zero attached hydrogens (tertiary/aromatic N) is 3. The van der Waals surface area contributed by atoms with Crippen molar-refractivity contribution in [2.75, 3.05) is 37.8 Å². The summed E-state index contributed by atoms with van der Waals surface area (Å²) in [5.41, 5.74) is 8.10. The first-order chi connectivity index (χ1) is 8.52. The molecule has 0 bridgehead atoms. The lowest BCUT2D eigenvalue weighted by atomic mass is 10.1. The molecule has 0 aliphatic carbocycles. The SMILES string of the molecule is CC1CN(c2ccc(C#N)c(N)c2)CC1N(C)C. The maximum Gasteiger partial charge on any atom is 0.101 e. The van der Waals surface area contributed by atoms with Crippen molar-refractivity contribution >= 4 is 11.4 Å². The van der Waals surface area contributed by atoms with Gasteiger partial charge in [-0.3, -0.25) is 0 Å². The Morgan fingerprint density at radius 3 is 2.61 bits per heavy atom. The van der Waals surface area contributed by atoms with Gasteiger partial charge in [-0.15, -0.1) is 0 Å². The van der Waals surface area contributed by atoms with Crippen molar-refractivity contribution in [3.63, 3.8) is 0 Å². The van der Waals surface area contributed by atoms with Crippen LogP contribution in [-0.4, -0.2) is 38.1 Å². The quantitative estimate of drug-likeness (QED) is 0.802. The first kappa shape index (κ1) is 12.7. The predicted octanol–water partition coefficient (Wildman–Crippen LogP) is 1.53. The second kappa shape index (κ2) is 4.87. The summed E-state index contributed by atoms with van der Waals surface area (Å²) in [6, 6.07) is 8.36. The highest BCUT2D eigenvalue weighted by Crippen LogP contribution is 2.28. The first-order valence-electron chi connectivity index (χ1n) is 6.24. The van der Waals surface area contributed by atoms with E-state index >= 15 is 0 Å². The smallest absolute Gasteiger partial charge is 0.101 e. The van der Waals surface area contributed by atoms with E-state index < -0.39 is 0 Å². The van der Waals surface area contributed by atoms with Gasteiger partial charge in [0.15, 0.2) is 0 Å². The standard InChI is InChI=1S/C14H20N4/c1-10-8-18(9-14(10)17(2)3)12-5-4-11(7-15)13(16)6-12/h4-6,10,14H,8-9,16H2,1-3H3. The topological polar surface area (TPSA) is 56.3 Å². The van der Waals surface area contributed by atoms with Gasteiger partial charge < -0.3 is 15.5 Å². The van der Waals surface area contributed by atoms with E-state index in [1.54, 1.807) is 6.07 Å². The zero-order valence-electron chi connectivity index (χ0n) is 11.2. The molecule has 1 saturated heterocycles. The Kier molecular flexibility index (Phi) is 3.44. The summed E-state index contributed by atoms with van der Waals surface area (Å²) in [4.78, 5) is 4.62. The molecular weight excluding hydrogens is 224 g/mol. The van der Waals surface area contributed by atoms with Crippen LogP contribution in [0.2, 0.25) is 0 Å². The lowest BCUT2D eigenvalue weighted by molar-refractivity contribution is 0.266. The lowest BCUT2D eigenvalue weighted by Crippen LogP contribution is -2.34. The zero-order valence-corrected chi connectivity index (χ0v) is 11.2. The molecule has 2 rings (SSSR count). The molecule has 0 saturated carbocycles. The minimum Gasteiger partial charge on any atom is -0.398 e. The second-order valence-electron chi connectivity index (χ2n) is 5.30. The Morgan fingerprint density at radius 2 is 2.11 bits per heavy atom. The molecule has 4 heteroatoms. The molecule has 1 aromatic carbocycles. The number of benzene rings is 1. The third-order valence-corrected chi connectivity index (χ3v) is 3.76. The molecule has 0 radical (unpaired) electrons. The molecule has 1 aliphatic rings. The minimum absolute atomic E-state index is 0.551. The van der Waals surface area contributed by atoms with Crippen LogP contribution in [0.1, 0.15) is 12.5 Å². The van der Waals surface area contributed by atoms with Crippen molar-refractivity contribution < 1.29 is 0 Å². The van der Waals surface area contributed by atoms with Crippen LogP contribution in [0.25, 0.3) is 0 Å². The normalized spacial score (nSPS) is 23.4. The molecule has 2 atom stereocenters. The fraction of sp³-hybridized carbons (Fsp3) is 0.500. The number of rotatable bonds is 2. The van der Waals surface area contributed by atoms with Crippen LogP contribution < -0.4 is 10.6 Å². The van der Waals surface area contributed by atoms with Crippen LogP contribution in [0.4, 0.5) is 11.4 Å². The van der Waals surface area contributed by atoms with Gasteiger partial charge in [-0.2, -0.15) is 5.26 Å². The summed E-state index contributed by atoms with van der Waals surface area (Å²) in [5, 5.41) is 8.88. The van der Waals surface area contributed by atoms with E-state index in [2.05, 4.69) is 36.9 Å². The number of hydrogen-bond acceptors (Lipinski definition) is 4. The molecule has 1 heterocycles. The molecule has 96 valence electrons. The maximum atomic E-state index is 8.88. The predicted molar refractivity (Wildman–Crippen MR) is 74.4 cm³/mol. The first-order valence-corrected chi connectivity index (χ1v) is 6.24. The molecule has 2 unspecified atom stereocenters.